The Balaban J connectivity index is 1.77. The molecule has 4 unspecified atom stereocenters. The Morgan fingerprint density at radius 1 is 1.06 bits per heavy atom. The summed E-state index contributed by atoms with van der Waals surface area (Å²) in [5, 5.41) is 1.01. The maximum Gasteiger partial charge on any atom is 0.226 e. The largest absolute Gasteiger partial charge is 0.331 e. The fourth-order valence-electron chi connectivity index (χ4n) is 5.15. The van der Waals surface area contributed by atoms with Gasteiger partial charge in [-0.25, -0.2) is 12.7 Å². The van der Waals surface area contributed by atoms with Gasteiger partial charge in [0.05, 0.1) is 11.3 Å². The highest BCUT2D eigenvalue weighted by atomic mass is 35.5. The molecule has 0 N–H and O–H groups in total. The molecule has 34 heavy (non-hydrogen) atoms. The molecule has 0 spiro atoms. The van der Waals surface area contributed by atoms with E-state index in [9.17, 15) is 13.2 Å². The summed E-state index contributed by atoms with van der Waals surface area (Å²) < 4.78 is 27.2. The quantitative estimate of drug-likeness (QED) is 0.434. The first-order valence-corrected chi connectivity index (χ1v) is 14.2. The first kappa shape index (κ1) is 25.5. The summed E-state index contributed by atoms with van der Waals surface area (Å²) in [7, 11) is -1.70. The van der Waals surface area contributed by atoms with Gasteiger partial charge in [-0.05, 0) is 61.1 Å². The minimum atomic E-state index is -3.34. The lowest BCUT2D eigenvalue weighted by Gasteiger charge is -2.48. The van der Waals surface area contributed by atoms with Crippen molar-refractivity contribution in [1.82, 2.24) is 9.21 Å². The van der Waals surface area contributed by atoms with Crippen LogP contribution in [0, 0.1) is 5.92 Å². The van der Waals surface area contributed by atoms with Gasteiger partial charge < -0.3 is 4.90 Å². The minimum Gasteiger partial charge on any atom is -0.331 e. The fraction of sp³-hybridized carbons (Fsp3) is 0.500. The Morgan fingerprint density at radius 3 is 2.32 bits per heavy atom. The molecule has 1 heterocycles. The molecule has 2 fully saturated rings. The lowest BCUT2D eigenvalue weighted by molar-refractivity contribution is -0.146. The zero-order chi connectivity index (χ0) is 24.6. The van der Waals surface area contributed by atoms with Crippen molar-refractivity contribution in [2.75, 3.05) is 13.6 Å². The van der Waals surface area contributed by atoms with Crippen LogP contribution in [0.1, 0.15) is 62.6 Å². The van der Waals surface area contributed by atoms with Gasteiger partial charge in [0.2, 0.25) is 15.9 Å². The number of benzene rings is 2. The topological polar surface area (TPSA) is 57.7 Å². The number of likely N-dealkylation sites (N-methyl/N-ethyl adjacent to an activating group) is 1. The summed E-state index contributed by atoms with van der Waals surface area (Å²) in [6.45, 7) is 4.25. The molecule has 0 aromatic heterocycles. The number of hydrogen-bond acceptors (Lipinski definition) is 3. The van der Waals surface area contributed by atoms with Crippen molar-refractivity contribution >= 4 is 39.1 Å². The highest BCUT2D eigenvalue weighted by molar-refractivity contribution is 7.90. The SMILES string of the molecule is CCC(CN(C)S(=O)(=O)C1CC1)N1C(=O)C(C)CC(c2cccc(Cl)c2)C1c1ccc(Cl)cc1. The maximum atomic E-state index is 13.7. The molecule has 2 aliphatic rings. The molecule has 4 atom stereocenters. The van der Waals surface area contributed by atoms with E-state index in [4.69, 9.17) is 23.2 Å². The van der Waals surface area contributed by atoms with Gasteiger partial charge in [-0.1, -0.05) is 61.3 Å². The molecule has 1 saturated heterocycles. The average molecular weight is 524 g/mol. The molecule has 2 aromatic carbocycles. The molecular weight excluding hydrogens is 491 g/mol. The Bertz CT molecular complexity index is 1130. The number of amides is 1. The predicted molar refractivity (Wildman–Crippen MR) is 138 cm³/mol. The monoisotopic (exact) mass is 522 g/mol. The molecule has 1 saturated carbocycles. The van der Waals surface area contributed by atoms with Crippen LogP contribution in [0.5, 0.6) is 0 Å². The molecule has 8 heteroatoms. The lowest BCUT2D eigenvalue weighted by atomic mass is 9.75. The van der Waals surface area contributed by atoms with E-state index in [1.807, 2.05) is 61.2 Å². The van der Waals surface area contributed by atoms with Crippen molar-refractivity contribution in [2.45, 2.75) is 62.8 Å². The number of halogens is 2. The van der Waals surface area contributed by atoms with Gasteiger partial charge in [-0.15, -0.1) is 0 Å². The molecule has 5 nitrogen and oxygen atoms in total. The number of carbonyl (C=O) groups excluding carboxylic acids is 1. The van der Waals surface area contributed by atoms with Crippen LogP contribution in [-0.4, -0.2) is 48.4 Å². The molecule has 184 valence electrons. The summed E-state index contributed by atoms with van der Waals surface area (Å²) in [6.07, 6.45) is 2.77. The van der Waals surface area contributed by atoms with Gasteiger partial charge in [-0.3, -0.25) is 4.79 Å². The predicted octanol–water partition coefficient (Wildman–Crippen LogP) is 5.89. The van der Waals surface area contributed by atoms with Crippen LogP contribution >= 0.6 is 23.2 Å². The van der Waals surface area contributed by atoms with E-state index in [1.54, 1.807) is 7.05 Å². The van der Waals surface area contributed by atoms with Gasteiger partial charge in [0.15, 0.2) is 0 Å². The Kier molecular flexibility index (Phi) is 7.63. The van der Waals surface area contributed by atoms with Crippen LogP contribution in [0.25, 0.3) is 0 Å². The van der Waals surface area contributed by atoms with Crippen LogP contribution in [-0.2, 0) is 14.8 Å². The smallest absolute Gasteiger partial charge is 0.226 e. The maximum absolute atomic E-state index is 13.7. The zero-order valence-corrected chi connectivity index (χ0v) is 22.2. The van der Waals surface area contributed by atoms with Crippen molar-refractivity contribution < 1.29 is 13.2 Å². The van der Waals surface area contributed by atoms with Crippen molar-refractivity contribution in [1.29, 1.82) is 0 Å². The number of carbonyl (C=O) groups is 1. The zero-order valence-electron chi connectivity index (χ0n) is 19.8. The van der Waals surface area contributed by atoms with Crippen molar-refractivity contribution in [3.8, 4) is 0 Å². The van der Waals surface area contributed by atoms with E-state index in [1.165, 1.54) is 4.31 Å². The summed E-state index contributed by atoms with van der Waals surface area (Å²) in [4.78, 5) is 15.6. The molecule has 1 aliphatic carbocycles. The number of nitrogens with zero attached hydrogens (tertiary/aromatic N) is 2. The number of hydrogen-bond donors (Lipinski definition) is 0. The van der Waals surface area contributed by atoms with Crippen molar-refractivity contribution in [2.24, 2.45) is 5.92 Å². The normalized spacial score (nSPS) is 24.5. The standard InChI is InChI=1S/C26H32Cl2N2O3S/c1-4-22(16-29(3)34(32,33)23-12-13-23)30-25(18-8-10-20(27)11-9-18)24(14-17(2)26(30)31)19-6-5-7-21(28)15-19/h5-11,15,17,22-25H,4,12-14,16H2,1-3H3. The highest BCUT2D eigenvalue weighted by Crippen LogP contribution is 2.47. The third-order valence-electron chi connectivity index (χ3n) is 7.17. The van der Waals surface area contributed by atoms with Gasteiger partial charge in [0.25, 0.3) is 0 Å². The summed E-state index contributed by atoms with van der Waals surface area (Å²) in [6, 6.07) is 15.0. The van der Waals surface area contributed by atoms with E-state index < -0.39 is 10.0 Å². The van der Waals surface area contributed by atoms with Gasteiger partial charge in [0.1, 0.15) is 0 Å². The molecule has 1 amide bonds. The van der Waals surface area contributed by atoms with E-state index in [-0.39, 0.29) is 41.6 Å². The van der Waals surface area contributed by atoms with Crippen molar-refractivity contribution in [3.05, 3.63) is 69.7 Å². The second-order valence-corrected chi connectivity index (χ2v) is 12.8. The summed E-state index contributed by atoms with van der Waals surface area (Å²) >= 11 is 12.5. The Hall–Kier alpha value is -1.60. The van der Waals surface area contributed by atoms with E-state index >= 15 is 0 Å². The second-order valence-electron chi connectivity index (χ2n) is 9.63. The molecule has 1 aliphatic heterocycles. The lowest BCUT2D eigenvalue weighted by Crippen LogP contribution is -2.54. The highest BCUT2D eigenvalue weighted by Gasteiger charge is 2.45. The summed E-state index contributed by atoms with van der Waals surface area (Å²) in [5.74, 6) is -0.110. The summed E-state index contributed by atoms with van der Waals surface area (Å²) in [5.41, 5.74) is 2.06. The van der Waals surface area contributed by atoms with Crippen LogP contribution in [0.4, 0.5) is 0 Å². The number of rotatable bonds is 8. The van der Waals surface area contributed by atoms with Gasteiger partial charge in [0, 0.05) is 41.5 Å². The second kappa shape index (κ2) is 10.2. The number of sulfonamides is 1. The third-order valence-corrected chi connectivity index (χ3v) is 9.98. The Morgan fingerprint density at radius 2 is 1.74 bits per heavy atom. The van der Waals surface area contributed by atoms with Crippen LogP contribution < -0.4 is 0 Å². The van der Waals surface area contributed by atoms with Crippen LogP contribution in [0.3, 0.4) is 0 Å². The average Bonchev–Trinajstić information content (AvgIpc) is 3.66. The molecular formula is C26H32Cl2N2O3S. The Labute approximate surface area is 213 Å². The van der Waals surface area contributed by atoms with E-state index in [0.717, 1.165) is 11.1 Å². The van der Waals surface area contributed by atoms with E-state index in [2.05, 4.69) is 6.07 Å². The van der Waals surface area contributed by atoms with Gasteiger partial charge >= 0.3 is 0 Å². The first-order chi connectivity index (χ1) is 16.1. The first-order valence-electron chi connectivity index (χ1n) is 11.9. The fourth-order valence-corrected chi connectivity index (χ4v) is 7.09. The van der Waals surface area contributed by atoms with Crippen molar-refractivity contribution in [3.63, 3.8) is 0 Å². The van der Waals surface area contributed by atoms with Gasteiger partial charge in [-0.2, -0.15) is 0 Å². The van der Waals surface area contributed by atoms with Crippen LogP contribution in [0.2, 0.25) is 10.0 Å². The molecule has 4 rings (SSSR count). The number of piperidine rings is 1. The molecule has 0 bridgehead atoms. The third kappa shape index (κ3) is 5.15. The molecule has 2 aromatic rings. The molecule has 0 radical (unpaired) electrons. The van der Waals surface area contributed by atoms with Crippen LogP contribution in [0.15, 0.2) is 48.5 Å². The van der Waals surface area contributed by atoms with E-state index in [0.29, 0.717) is 35.7 Å². The number of likely N-dealkylation sites (tertiary alicyclic amines) is 1. The minimum absolute atomic E-state index is 0.0203.